The molecule has 4 heteroatoms. The average Bonchev–Trinajstić information content (AvgIpc) is 2.92. The monoisotopic (exact) mass is 273 g/mol. The van der Waals surface area contributed by atoms with E-state index in [2.05, 4.69) is 12.2 Å². The van der Waals surface area contributed by atoms with Crippen LogP contribution in [0, 0.1) is 6.92 Å². The van der Waals surface area contributed by atoms with E-state index in [-0.39, 0.29) is 0 Å². The van der Waals surface area contributed by atoms with E-state index in [9.17, 15) is 9.90 Å². The Morgan fingerprint density at radius 2 is 2.20 bits per heavy atom. The van der Waals surface area contributed by atoms with Crippen molar-refractivity contribution in [2.75, 3.05) is 11.9 Å². The van der Waals surface area contributed by atoms with Crippen LogP contribution in [-0.4, -0.2) is 17.6 Å². The lowest BCUT2D eigenvalue weighted by Crippen LogP contribution is -2.06. The van der Waals surface area contributed by atoms with E-state index < -0.39 is 5.97 Å². The third-order valence-corrected chi connectivity index (χ3v) is 3.24. The minimum atomic E-state index is -0.912. The smallest absolute Gasteiger partial charge is 0.335 e. The number of hydrogen-bond donors (Lipinski definition) is 2. The summed E-state index contributed by atoms with van der Waals surface area (Å²) < 4.78 is 5.14. The van der Waals surface area contributed by atoms with Crippen LogP contribution in [-0.2, 0) is 0 Å². The van der Waals surface area contributed by atoms with E-state index in [0.29, 0.717) is 5.56 Å². The SMILES string of the molecule is CCCCNc1cc(C(=O)O)cc(C)c1-c1ccoc1. The fourth-order valence-corrected chi connectivity index (χ4v) is 2.24. The number of hydrogen-bond acceptors (Lipinski definition) is 3. The van der Waals surface area contributed by atoms with E-state index >= 15 is 0 Å². The molecule has 0 amide bonds. The number of aryl methyl sites for hydroxylation is 1. The van der Waals surface area contributed by atoms with E-state index in [4.69, 9.17) is 4.42 Å². The van der Waals surface area contributed by atoms with E-state index in [1.807, 2.05) is 13.0 Å². The summed E-state index contributed by atoms with van der Waals surface area (Å²) in [5.41, 5.74) is 4.02. The van der Waals surface area contributed by atoms with Crippen LogP contribution in [0.2, 0.25) is 0 Å². The molecule has 0 fully saturated rings. The quantitative estimate of drug-likeness (QED) is 0.775. The maximum Gasteiger partial charge on any atom is 0.335 e. The van der Waals surface area contributed by atoms with Crippen LogP contribution in [0.15, 0.2) is 35.1 Å². The molecule has 2 aromatic rings. The van der Waals surface area contributed by atoms with Gasteiger partial charge in [0.15, 0.2) is 0 Å². The van der Waals surface area contributed by atoms with Gasteiger partial charge in [0, 0.05) is 23.4 Å². The normalized spacial score (nSPS) is 10.5. The van der Waals surface area contributed by atoms with Gasteiger partial charge in [0.1, 0.15) is 0 Å². The van der Waals surface area contributed by atoms with Crippen LogP contribution in [0.5, 0.6) is 0 Å². The second kappa shape index (κ2) is 6.28. The molecule has 2 rings (SSSR count). The number of unbranched alkanes of at least 4 members (excludes halogenated alkanes) is 1. The zero-order valence-electron chi connectivity index (χ0n) is 11.8. The lowest BCUT2D eigenvalue weighted by Gasteiger charge is -2.14. The molecule has 0 saturated heterocycles. The molecule has 0 unspecified atom stereocenters. The first-order valence-corrected chi connectivity index (χ1v) is 6.78. The second-order valence-electron chi connectivity index (χ2n) is 4.81. The van der Waals surface area contributed by atoms with Gasteiger partial charge >= 0.3 is 5.97 Å². The van der Waals surface area contributed by atoms with Crippen LogP contribution in [0.1, 0.15) is 35.7 Å². The Morgan fingerprint density at radius 1 is 1.40 bits per heavy atom. The molecule has 106 valence electrons. The van der Waals surface area contributed by atoms with Crippen molar-refractivity contribution in [3.05, 3.63) is 41.9 Å². The molecule has 1 aromatic heterocycles. The number of carboxylic acid groups (broad SMARTS) is 1. The van der Waals surface area contributed by atoms with Gasteiger partial charge in [-0.1, -0.05) is 13.3 Å². The summed E-state index contributed by atoms with van der Waals surface area (Å²) in [7, 11) is 0. The standard InChI is InChI=1S/C16H19NO3/c1-3-4-6-17-14-9-13(16(18)19)8-11(2)15(14)12-5-7-20-10-12/h5,7-10,17H,3-4,6H2,1-2H3,(H,18,19). The highest BCUT2D eigenvalue weighted by molar-refractivity contribution is 5.93. The molecule has 1 heterocycles. The first kappa shape index (κ1) is 14.2. The van der Waals surface area contributed by atoms with E-state index in [1.165, 1.54) is 0 Å². The number of furan rings is 1. The molecular formula is C16H19NO3. The predicted molar refractivity (Wildman–Crippen MR) is 79.2 cm³/mol. The Balaban J connectivity index is 2.45. The van der Waals surface area contributed by atoms with Gasteiger partial charge in [-0.25, -0.2) is 4.79 Å². The van der Waals surface area contributed by atoms with Crippen molar-refractivity contribution in [2.24, 2.45) is 0 Å². The second-order valence-corrected chi connectivity index (χ2v) is 4.81. The van der Waals surface area contributed by atoms with Crippen LogP contribution < -0.4 is 5.32 Å². The summed E-state index contributed by atoms with van der Waals surface area (Å²) in [4.78, 5) is 11.2. The first-order valence-electron chi connectivity index (χ1n) is 6.78. The van der Waals surface area contributed by atoms with Gasteiger partial charge in [0.05, 0.1) is 18.1 Å². The molecule has 0 spiro atoms. The van der Waals surface area contributed by atoms with Gasteiger partial charge in [-0.05, 0) is 37.1 Å². The Kier molecular flexibility index (Phi) is 4.45. The number of benzene rings is 1. The maximum absolute atomic E-state index is 11.2. The number of anilines is 1. The molecule has 0 saturated carbocycles. The van der Waals surface area contributed by atoms with Crippen molar-refractivity contribution in [1.29, 1.82) is 0 Å². The van der Waals surface area contributed by atoms with Gasteiger partial charge < -0.3 is 14.8 Å². The Labute approximate surface area is 118 Å². The van der Waals surface area contributed by atoms with Gasteiger partial charge in [-0.2, -0.15) is 0 Å². The van der Waals surface area contributed by atoms with Crippen molar-refractivity contribution in [2.45, 2.75) is 26.7 Å². The zero-order valence-corrected chi connectivity index (χ0v) is 11.8. The molecule has 0 aliphatic carbocycles. The lowest BCUT2D eigenvalue weighted by atomic mass is 9.98. The number of rotatable bonds is 6. The maximum atomic E-state index is 11.2. The lowest BCUT2D eigenvalue weighted by molar-refractivity contribution is 0.0697. The van der Waals surface area contributed by atoms with Crippen molar-refractivity contribution in [3.8, 4) is 11.1 Å². The zero-order chi connectivity index (χ0) is 14.5. The summed E-state index contributed by atoms with van der Waals surface area (Å²) >= 11 is 0. The highest BCUT2D eigenvalue weighted by Gasteiger charge is 2.14. The average molecular weight is 273 g/mol. The van der Waals surface area contributed by atoms with Crippen molar-refractivity contribution >= 4 is 11.7 Å². The van der Waals surface area contributed by atoms with Gasteiger partial charge in [0.2, 0.25) is 0 Å². The highest BCUT2D eigenvalue weighted by Crippen LogP contribution is 2.33. The topological polar surface area (TPSA) is 62.5 Å². The van der Waals surface area contributed by atoms with Gasteiger partial charge in [-0.15, -0.1) is 0 Å². The van der Waals surface area contributed by atoms with Crippen molar-refractivity contribution in [1.82, 2.24) is 0 Å². The fraction of sp³-hybridized carbons (Fsp3) is 0.312. The fourth-order valence-electron chi connectivity index (χ4n) is 2.24. The summed E-state index contributed by atoms with van der Waals surface area (Å²) in [6, 6.07) is 5.26. The number of nitrogens with one attached hydrogen (secondary N) is 1. The molecule has 1 aromatic carbocycles. The van der Waals surface area contributed by atoms with Crippen molar-refractivity contribution < 1.29 is 14.3 Å². The molecule has 0 aliphatic heterocycles. The van der Waals surface area contributed by atoms with Crippen LogP contribution in [0.25, 0.3) is 11.1 Å². The molecule has 0 radical (unpaired) electrons. The Morgan fingerprint density at radius 3 is 2.80 bits per heavy atom. The molecule has 4 nitrogen and oxygen atoms in total. The minimum Gasteiger partial charge on any atom is -0.478 e. The molecule has 0 atom stereocenters. The predicted octanol–water partition coefficient (Wildman–Crippen LogP) is 4.17. The largest absolute Gasteiger partial charge is 0.478 e. The van der Waals surface area contributed by atoms with E-state index in [0.717, 1.165) is 41.8 Å². The summed E-state index contributed by atoms with van der Waals surface area (Å²) in [6.45, 7) is 4.86. The molecule has 0 bridgehead atoms. The van der Waals surface area contributed by atoms with Crippen LogP contribution in [0.4, 0.5) is 5.69 Å². The van der Waals surface area contributed by atoms with Gasteiger partial charge in [0.25, 0.3) is 0 Å². The molecule has 0 aliphatic rings. The molecule has 20 heavy (non-hydrogen) atoms. The number of aromatic carboxylic acids is 1. The summed E-state index contributed by atoms with van der Waals surface area (Å²) in [5, 5.41) is 12.5. The summed E-state index contributed by atoms with van der Waals surface area (Å²) in [6.07, 6.45) is 5.43. The van der Waals surface area contributed by atoms with E-state index in [1.54, 1.807) is 24.7 Å². The number of carboxylic acids is 1. The van der Waals surface area contributed by atoms with Crippen LogP contribution in [0.3, 0.4) is 0 Å². The number of carbonyl (C=O) groups is 1. The Hall–Kier alpha value is -2.23. The third-order valence-electron chi connectivity index (χ3n) is 3.24. The Bertz CT molecular complexity index is 588. The summed E-state index contributed by atoms with van der Waals surface area (Å²) in [5.74, 6) is -0.912. The van der Waals surface area contributed by atoms with Gasteiger partial charge in [-0.3, -0.25) is 0 Å². The molecule has 2 N–H and O–H groups in total. The minimum absolute atomic E-state index is 0.300. The highest BCUT2D eigenvalue weighted by atomic mass is 16.4. The van der Waals surface area contributed by atoms with Crippen molar-refractivity contribution in [3.63, 3.8) is 0 Å². The van der Waals surface area contributed by atoms with Crippen LogP contribution >= 0.6 is 0 Å². The molecular weight excluding hydrogens is 254 g/mol. The third kappa shape index (κ3) is 3.02. The first-order chi connectivity index (χ1) is 9.63.